The van der Waals surface area contributed by atoms with Crippen LogP contribution < -0.4 is 0 Å². The van der Waals surface area contributed by atoms with Gasteiger partial charge in [0.25, 0.3) is 0 Å². The Morgan fingerprint density at radius 3 is 1.44 bits per heavy atom. The molecule has 2 N–H and O–H groups in total. The van der Waals surface area contributed by atoms with Gasteiger partial charge >= 0.3 is 5.97 Å². The number of esters is 1. The van der Waals surface area contributed by atoms with E-state index in [2.05, 4.69) is 18.7 Å². The van der Waals surface area contributed by atoms with Crippen LogP contribution in [0.25, 0.3) is 0 Å². The van der Waals surface area contributed by atoms with Crippen molar-refractivity contribution < 1.29 is 19.7 Å². The minimum atomic E-state index is -0.342. The van der Waals surface area contributed by atoms with Crippen molar-refractivity contribution in [2.75, 3.05) is 26.2 Å². The molecule has 0 amide bonds. The van der Waals surface area contributed by atoms with Crippen molar-refractivity contribution in [2.45, 2.75) is 168 Å². The van der Waals surface area contributed by atoms with Crippen LogP contribution in [-0.2, 0) is 9.53 Å². The Morgan fingerprint density at radius 2 is 1.03 bits per heavy atom. The molecule has 0 aromatic rings. The van der Waals surface area contributed by atoms with Gasteiger partial charge in [0.1, 0.15) is 0 Å². The Kier molecular flexibility index (Phi) is 26.9. The summed E-state index contributed by atoms with van der Waals surface area (Å²) in [5.74, 6) is -0.131. The summed E-state index contributed by atoms with van der Waals surface area (Å²) in [6, 6.07) is 0. The highest BCUT2D eigenvalue weighted by molar-refractivity contribution is 5.69. The summed E-state index contributed by atoms with van der Waals surface area (Å²) in [6.07, 6.45) is 23.5. The molecule has 5 nitrogen and oxygen atoms in total. The fourth-order valence-electron chi connectivity index (χ4n) is 4.90. The van der Waals surface area contributed by atoms with E-state index < -0.39 is 0 Å². The number of nitrogens with zero attached hydrogens (tertiary/aromatic N) is 1. The Bertz CT molecular complexity index is 432. The number of carbonyl (C=O) groups excluding carboxylic acids is 1. The van der Waals surface area contributed by atoms with Crippen LogP contribution in [0.2, 0.25) is 0 Å². The second kappa shape index (κ2) is 27.4. The molecule has 0 saturated heterocycles. The van der Waals surface area contributed by atoms with Crippen molar-refractivity contribution in [3.8, 4) is 0 Å². The minimum Gasteiger partial charge on any atom is -0.466 e. The summed E-state index contributed by atoms with van der Waals surface area (Å²) in [4.78, 5) is 13.8. The van der Waals surface area contributed by atoms with Gasteiger partial charge in [-0.05, 0) is 39.2 Å². The number of ether oxygens (including phenoxy) is 1. The third-order valence-corrected chi connectivity index (χ3v) is 7.13. The molecule has 0 aromatic carbocycles. The van der Waals surface area contributed by atoms with E-state index in [9.17, 15) is 15.0 Å². The number of aliphatic hydroxyl groups excluding tert-OH is 2. The molecule has 0 aliphatic carbocycles. The number of rotatable bonds is 28. The fraction of sp³-hybridized carbons (Fsp3) is 0.968. The molecule has 0 aromatic heterocycles. The van der Waals surface area contributed by atoms with E-state index in [1.807, 2.05) is 6.92 Å². The number of aliphatic hydroxyl groups is 2. The maximum absolute atomic E-state index is 11.6. The second-order valence-electron chi connectivity index (χ2n) is 10.9. The molecular weight excluding hydrogens is 450 g/mol. The zero-order chi connectivity index (χ0) is 26.7. The molecule has 0 bridgehead atoms. The number of unbranched alkanes of at least 4 members (excludes halogenated alkanes) is 15. The highest BCUT2D eigenvalue weighted by atomic mass is 16.5. The fourth-order valence-corrected chi connectivity index (χ4v) is 4.90. The summed E-state index contributed by atoms with van der Waals surface area (Å²) in [6.45, 7) is 8.81. The smallest absolute Gasteiger partial charge is 0.305 e. The topological polar surface area (TPSA) is 70.0 Å². The van der Waals surface area contributed by atoms with E-state index in [0.29, 0.717) is 26.1 Å². The molecule has 5 heteroatoms. The minimum absolute atomic E-state index is 0.131. The zero-order valence-electron chi connectivity index (χ0n) is 24.5. The molecule has 0 heterocycles. The number of hydrogen-bond donors (Lipinski definition) is 2. The van der Waals surface area contributed by atoms with Crippen molar-refractivity contribution in [1.82, 2.24) is 4.90 Å². The Morgan fingerprint density at radius 1 is 0.611 bits per heavy atom. The first-order chi connectivity index (χ1) is 17.5. The average molecular weight is 514 g/mol. The lowest BCUT2D eigenvalue weighted by Gasteiger charge is -2.27. The molecule has 216 valence electrons. The van der Waals surface area contributed by atoms with Crippen LogP contribution in [0.5, 0.6) is 0 Å². The second-order valence-corrected chi connectivity index (χ2v) is 10.9. The van der Waals surface area contributed by atoms with Gasteiger partial charge in [-0.1, -0.05) is 117 Å². The van der Waals surface area contributed by atoms with Crippen LogP contribution >= 0.6 is 0 Å². The summed E-state index contributed by atoms with van der Waals surface area (Å²) >= 11 is 0. The van der Waals surface area contributed by atoms with E-state index in [-0.39, 0.29) is 18.2 Å². The van der Waals surface area contributed by atoms with Crippen molar-refractivity contribution in [3.63, 3.8) is 0 Å². The Labute approximate surface area is 224 Å². The predicted octanol–water partition coefficient (Wildman–Crippen LogP) is 7.81. The first-order valence-electron chi connectivity index (χ1n) is 15.8. The van der Waals surface area contributed by atoms with E-state index in [0.717, 1.165) is 45.1 Å². The van der Waals surface area contributed by atoms with Gasteiger partial charge < -0.3 is 14.9 Å². The molecular formula is C31H63NO4. The van der Waals surface area contributed by atoms with Crippen molar-refractivity contribution in [2.24, 2.45) is 0 Å². The van der Waals surface area contributed by atoms with Crippen LogP contribution in [-0.4, -0.2) is 59.5 Å². The first kappa shape index (κ1) is 35.4. The maximum Gasteiger partial charge on any atom is 0.305 e. The maximum atomic E-state index is 11.6. The Balaban J connectivity index is 4.24. The van der Waals surface area contributed by atoms with Gasteiger partial charge in [0.05, 0.1) is 18.8 Å². The Hall–Kier alpha value is -0.650. The van der Waals surface area contributed by atoms with Crippen LogP contribution in [0.3, 0.4) is 0 Å². The largest absolute Gasteiger partial charge is 0.466 e. The van der Waals surface area contributed by atoms with E-state index in [1.54, 1.807) is 0 Å². The van der Waals surface area contributed by atoms with Gasteiger partial charge in [0, 0.05) is 19.5 Å². The first-order valence-corrected chi connectivity index (χ1v) is 15.8. The quantitative estimate of drug-likeness (QED) is 0.0824. The molecule has 0 radical (unpaired) electrons. The van der Waals surface area contributed by atoms with Crippen LogP contribution in [0, 0.1) is 0 Å². The molecule has 0 aliphatic rings. The van der Waals surface area contributed by atoms with E-state index >= 15 is 0 Å². The summed E-state index contributed by atoms with van der Waals surface area (Å²) in [5, 5.41) is 21.3. The lowest BCUT2D eigenvalue weighted by atomic mass is 10.0. The third-order valence-electron chi connectivity index (χ3n) is 7.13. The lowest BCUT2D eigenvalue weighted by Crippen LogP contribution is -2.38. The van der Waals surface area contributed by atoms with E-state index in [4.69, 9.17) is 4.74 Å². The molecule has 2 unspecified atom stereocenters. The molecule has 0 saturated carbocycles. The number of carbonyl (C=O) groups is 1. The summed E-state index contributed by atoms with van der Waals surface area (Å²) in [7, 11) is 0. The normalized spacial score (nSPS) is 13.3. The van der Waals surface area contributed by atoms with Gasteiger partial charge in [-0.15, -0.1) is 0 Å². The third kappa shape index (κ3) is 25.0. The van der Waals surface area contributed by atoms with Crippen molar-refractivity contribution in [3.05, 3.63) is 0 Å². The van der Waals surface area contributed by atoms with Gasteiger partial charge in [-0.3, -0.25) is 9.69 Å². The monoisotopic (exact) mass is 513 g/mol. The highest BCUT2D eigenvalue weighted by Gasteiger charge is 2.16. The zero-order valence-corrected chi connectivity index (χ0v) is 24.5. The molecule has 2 atom stereocenters. The molecule has 36 heavy (non-hydrogen) atoms. The molecule has 0 rings (SSSR count). The van der Waals surface area contributed by atoms with E-state index in [1.165, 1.54) is 89.9 Å². The average Bonchev–Trinajstić information content (AvgIpc) is 2.85. The van der Waals surface area contributed by atoms with Gasteiger partial charge in [-0.2, -0.15) is 0 Å². The highest BCUT2D eigenvalue weighted by Crippen LogP contribution is 2.14. The molecule has 0 fully saturated rings. The predicted molar refractivity (Wildman–Crippen MR) is 153 cm³/mol. The van der Waals surface area contributed by atoms with Gasteiger partial charge in [0.15, 0.2) is 0 Å². The molecule has 0 spiro atoms. The number of hydrogen-bond acceptors (Lipinski definition) is 5. The van der Waals surface area contributed by atoms with Gasteiger partial charge in [0.2, 0.25) is 0 Å². The lowest BCUT2D eigenvalue weighted by molar-refractivity contribution is -0.143. The van der Waals surface area contributed by atoms with Crippen LogP contribution in [0.15, 0.2) is 0 Å². The SMILES string of the molecule is CCCCCCCCCCC(O)CN(CCCCC(=O)OCC)CC(O)CCCCCCCCCC. The standard InChI is InChI=1S/C31H63NO4/c1-4-7-9-11-13-15-17-19-23-29(33)27-32(26-22-21-25-31(35)36-6-3)28-30(34)24-20-18-16-14-12-10-8-5-2/h29-30,33-34H,4-28H2,1-3H3. The van der Waals surface area contributed by atoms with Crippen LogP contribution in [0.4, 0.5) is 0 Å². The van der Waals surface area contributed by atoms with Gasteiger partial charge in [-0.25, -0.2) is 0 Å². The summed E-state index contributed by atoms with van der Waals surface area (Å²) in [5.41, 5.74) is 0. The van der Waals surface area contributed by atoms with Crippen molar-refractivity contribution in [1.29, 1.82) is 0 Å². The van der Waals surface area contributed by atoms with Crippen molar-refractivity contribution >= 4 is 5.97 Å². The summed E-state index contributed by atoms with van der Waals surface area (Å²) < 4.78 is 5.03. The molecule has 0 aliphatic heterocycles. The van der Waals surface area contributed by atoms with Crippen LogP contribution in [0.1, 0.15) is 156 Å².